The zero-order valence-electron chi connectivity index (χ0n) is 34.7. The predicted octanol–water partition coefficient (Wildman–Crippen LogP) is 14.1. The van der Waals surface area contributed by atoms with Crippen LogP contribution in [0, 0.1) is 11.3 Å². The first kappa shape index (κ1) is 35.7. The summed E-state index contributed by atoms with van der Waals surface area (Å²) in [5.41, 5.74) is 16.2. The lowest BCUT2D eigenvalue weighted by Crippen LogP contribution is -2.25. The maximum Gasteiger partial charge on any atom is 0.164 e. The van der Waals surface area contributed by atoms with Crippen molar-refractivity contribution < 1.29 is 4.42 Å². The normalized spacial score (nSPS) is 13.0. The summed E-state index contributed by atoms with van der Waals surface area (Å²) in [6, 6.07) is 72.5. The molecule has 0 fully saturated rings. The van der Waals surface area contributed by atoms with E-state index >= 15 is 0 Å². The largest absolute Gasteiger partial charge is 0.454 e. The fourth-order valence-corrected chi connectivity index (χ4v) is 11.1. The van der Waals surface area contributed by atoms with E-state index in [0.717, 1.165) is 43.7 Å². The Hall–Kier alpha value is -8.92. The van der Waals surface area contributed by atoms with Crippen molar-refractivity contribution in [2.45, 2.75) is 5.41 Å². The minimum atomic E-state index is -0.545. The highest BCUT2D eigenvalue weighted by molar-refractivity contribution is 6.18. The second-order valence-electron chi connectivity index (χ2n) is 16.9. The molecular weight excluding hydrogens is 795 g/mol. The fourth-order valence-electron chi connectivity index (χ4n) is 11.1. The van der Waals surface area contributed by atoms with Gasteiger partial charge in [0.05, 0.1) is 22.0 Å². The molecule has 2 aliphatic carbocycles. The second kappa shape index (κ2) is 13.3. The van der Waals surface area contributed by atoms with Crippen molar-refractivity contribution in [3.63, 3.8) is 0 Å². The molecule has 0 aliphatic heterocycles. The molecule has 0 amide bonds. The van der Waals surface area contributed by atoms with Crippen LogP contribution in [0.1, 0.15) is 27.8 Å². The van der Waals surface area contributed by atoms with E-state index in [0.29, 0.717) is 45.5 Å². The third-order valence-corrected chi connectivity index (χ3v) is 13.7. The Balaban J connectivity index is 1.10. The molecule has 65 heavy (non-hydrogen) atoms. The number of furan rings is 1. The number of nitrogens with zero attached hydrogens (tertiary/aromatic N) is 5. The van der Waals surface area contributed by atoms with Gasteiger partial charge in [-0.25, -0.2) is 15.0 Å². The molecule has 0 saturated carbocycles. The summed E-state index contributed by atoms with van der Waals surface area (Å²) in [6.07, 6.45) is 0. The Labute approximate surface area is 373 Å². The molecule has 3 heterocycles. The second-order valence-corrected chi connectivity index (χ2v) is 16.9. The highest BCUT2D eigenvalue weighted by Crippen LogP contribution is 2.63. The van der Waals surface area contributed by atoms with Gasteiger partial charge in [0.25, 0.3) is 0 Å². The maximum atomic E-state index is 11.4. The van der Waals surface area contributed by atoms with E-state index in [-0.39, 0.29) is 0 Å². The molecule has 300 valence electrons. The molecule has 6 heteroatoms. The maximum absolute atomic E-state index is 11.4. The molecule has 1 spiro atoms. The Morgan fingerprint density at radius 1 is 0.431 bits per heavy atom. The number of hydrogen-bond donors (Lipinski definition) is 0. The zero-order chi connectivity index (χ0) is 42.8. The quantitative estimate of drug-likeness (QED) is 0.176. The summed E-state index contributed by atoms with van der Waals surface area (Å²) in [5.74, 6) is 1.54. The molecule has 3 aromatic heterocycles. The Bertz CT molecular complexity index is 3920. The molecule has 0 atom stereocenters. The summed E-state index contributed by atoms with van der Waals surface area (Å²) in [6.45, 7) is 0. The van der Waals surface area contributed by atoms with Gasteiger partial charge in [0.2, 0.25) is 0 Å². The third kappa shape index (κ3) is 4.79. The van der Waals surface area contributed by atoms with E-state index in [9.17, 15) is 5.26 Å². The van der Waals surface area contributed by atoms with Crippen molar-refractivity contribution in [1.82, 2.24) is 19.5 Å². The molecule has 0 N–H and O–H groups in total. The molecule has 0 bridgehead atoms. The van der Waals surface area contributed by atoms with Crippen molar-refractivity contribution in [3.8, 4) is 68.2 Å². The topological polar surface area (TPSA) is 80.5 Å². The smallest absolute Gasteiger partial charge is 0.164 e. The molecule has 2 aliphatic rings. The fraction of sp³-hybridized carbons (Fsp3) is 0.0169. The number of para-hydroxylation sites is 2. The minimum Gasteiger partial charge on any atom is -0.454 e. The first-order valence-corrected chi connectivity index (χ1v) is 21.8. The van der Waals surface area contributed by atoms with Crippen molar-refractivity contribution in [2.75, 3.05) is 0 Å². The van der Waals surface area contributed by atoms with Gasteiger partial charge in [-0.15, -0.1) is 0 Å². The number of aromatic nitrogens is 4. The zero-order valence-corrected chi connectivity index (χ0v) is 34.7. The van der Waals surface area contributed by atoms with E-state index in [1.54, 1.807) is 0 Å². The average Bonchev–Trinajstić information content (AvgIpc) is 4.09. The van der Waals surface area contributed by atoms with Gasteiger partial charge < -0.3 is 8.98 Å². The lowest BCUT2D eigenvalue weighted by molar-refractivity contribution is 0.666. The van der Waals surface area contributed by atoms with Crippen molar-refractivity contribution >= 4 is 43.7 Å². The van der Waals surface area contributed by atoms with Crippen molar-refractivity contribution in [3.05, 3.63) is 228 Å². The van der Waals surface area contributed by atoms with Crippen LogP contribution in [0.25, 0.3) is 106 Å². The monoisotopic (exact) mass is 827 g/mol. The van der Waals surface area contributed by atoms with Crippen LogP contribution in [0.5, 0.6) is 0 Å². The van der Waals surface area contributed by atoms with E-state index in [1.807, 2.05) is 84.9 Å². The Morgan fingerprint density at radius 3 is 1.58 bits per heavy atom. The Kier molecular flexibility index (Phi) is 7.29. The number of fused-ring (bicyclic) bond motifs is 16. The lowest BCUT2D eigenvalue weighted by Gasteiger charge is -2.30. The van der Waals surface area contributed by atoms with Gasteiger partial charge in [-0.1, -0.05) is 170 Å². The molecule has 14 rings (SSSR count). The summed E-state index contributed by atoms with van der Waals surface area (Å²) >= 11 is 0. The van der Waals surface area contributed by atoms with Crippen LogP contribution in [0.4, 0.5) is 0 Å². The Morgan fingerprint density at radius 2 is 0.954 bits per heavy atom. The van der Waals surface area contributed by atoms with Gasteiger partial charge in [-0.3, -0.25) is 0 Å². The molecule has 6 nitrogen and oxygen atoms in total. The van der Waals surface area contributed by atoms with Gasteiger partial charge in [0.1, 0.15) is 17.3 Å². The van der Waals surface area contributed by atoms with Gasteiger partial charge in [-0.2, -0.15) is 5.26 Å². The number of benzene rings is 9. The minimum absolute atomic E-state index is 0.437. The lowest BCUT2D eigenvalue weighted by atomic mass is 9.70. The number of hydrogen-bond acceptors (Lipinski definition) is 5. The molecule has 12 aromatic rings. The summed E-state index contributed by atoms with van der Waals surface area (Å²) < 4.78 is 9.29. The summed E-state index contributed by atoms with van der Waals surface area (Å²) in [5, 5.41) is 15.4. The van der Waals surface area contributed by atoms with Crippen LogP contribution in [-0.2, 0) is 5.41 Å². The molecule has 0 unspecified atom stereocenters. The van der Waals surface area contributed by atoms with E-state index in [4.69, 9.17) is 19.4 Å². The highest BCUT2D eigenvalue weighted by Gasteiger charge is 2.51. The van der Waals surface area contributed by atoms with E-state index in [1.165, 1.54) is 44.5 Å². The first-order valence-electron chi connectivity index (χ1n) is 21.8. The third-order valence-electron chi connectivity index (χ3n) is 13.7. The van der Waals surface area contributed by atoms with Crippen LogP contribution in [-0.4, -0.2) is 19.5 Å². The van der Waals surface area contributed by atoms with Crippen LogP contribution in [0.2, 0.25) is 0 Å². The molecule has 0 radical (unpaired) electrons. The van der Waals surface area contributed by atoms with Crippen LogP contribution >= 0.6 is 0 Å². The SMILES string of the molecule is N#Cc1cc(-c2nc(-c3ccccc3)nc(-c3ccccc3)n2)c2c(oc3ccccc32)c1-n1c2ccccc2c2cc3c(cc21)C1(c2ccccc2-c2ccccc21)c1ccccc1-3. The molecule has 0 saturated heterocycles. The van der Waals surface area contributed by atoms with Gasteiger partial charge >= 0.3 is 0 Å². The van der Waals surface area contributed by atoms with Crippen molar-refractivity contribution in [2.24, 2.45) is 0 Å². The van der Waals surface area contributed by atoms with Gasteiger partial charge in [0, 0.05) is 38.2 Å². The highest BCUT2D eigenvalue weighted by atomic mass is 16.3. The predicted molar refractivity (Wildman–Crippen MR) is 259 cm³/mol. The van der Waals surface area contributed by atoms with Gasteiger partial charge in [0.15, 0.2) is 23.1 Å². The number of rotatable bonds is 4. The standard InChI is InChI=1S/C59H33N5O/c60-34-37-31-45(58-62-56(35-17-3-1-4-18-35)61-57(63-58)36-19-5-2-6-20-36)53-42-25-11-16-30-52(42)65-55(53)54(37)64-50-29-15-10-24-41(50)44-32-43-40-23-9-14-28-48(40)59(49(43)33-51(44)64)46-26-12-7-21-38(46)39-22-8-13-27-47(39)59/h1-33H. The van der Waals surface area contributed by atoms with Crippen LogP contribution in [0.3, 0.4) is 0 Å². The molecular formula is C59H33N5O. The van der Waals surface area contributed by atoms with E-state index < -0.39 is 5.41 Å². The summed E-state index contributed by atoms with van der Waals surface area (Å²) in [4.78, 5) is 15.3. The van der Waals surface area contributed by atoms with Crippen LogP contribution in [0.15, 0.2) is 205 Å². The van der Waals surface area contributed by atoms with Crippen molar-refractivity contribution in [1.29, 1.82) is 5.26 Å². The average molecular weight is 828 g/mol. The van der Waals surface area contributed by atoms with Gasteiger partial charge in [-0.05, 0) is 74.8 Å². The number of nitriles is 1. The van der Waals surface area contributed by atoms with Crippen LogP contribution < -0.4 is 0 Å². The molecule has 9 aromatic carbocycles. The summed E-state index contributed by atoms with van der Waals surface area (Å²) in [7, 11) is 0. The first-order chi connectivity index (χ1) is 32.2. The van der Waals surface area contributed by atoms with E-state index in [2.05, 4.69) is 126 Å².